The fourth-order valence-corrected chi connectivity index (χ4v) is 15.4. The predicted octanol–water partition coefficient (Wildman–Crippen LogP) is 0.550. The van der Waals surface area contributed by atoms with Gasteiger partial charge in [-0.2, -0.15) is 0 Å². The highest BCUT2D eigenvalue weighted by Gasteiger charge is 2.74. The van der Waals surface area contributed by atoms with Gasteiger partial charge in [-0.1, -0.05) is 60.1 Å². The Hall–Kier alpha value is -1.88. The van der Waals surface area contributed by atoms with Gasteiger partial charge in [0.15, 0.2) is 18.9 Å². The Balaban J connectivity index is 0.925. The average molecular weight is 938 g/mol. The van der Waals surface area contributed by atoms with Crippen LogP contribution in [0.3, 0.4) is 0 Å². The number of rotatable bonds is 8. The van der Waals surface area contributed by atoms with E-state index in [1.165, 1.54) is 12.5 Å². The monoisotopic (exact) mass is 938 g/mol. The number of aliphatic hydroxyl groups excluding tert-OH is 8. The number of aliphatic hydroxyl groups is 8. The van der Waals surface area contributed by atoms with Crippen molar-refractivity contribution in [2.75, 3.05) is 19.8 Å². The van der Waals surface area contributed by atoms with Gasteiger partial charge in [-0.25, -0.2) is 0 Å². The molecule has 0 aromatic carbocycles. The Labute approximate surface area is 386 Å². The summed E-state index contributed by atoms with van der Waals surface area (Å²) in [5.41, 5.74) is -0.823. The number of hydrogen-bond acceptors (Lipinski definition) is 17. The summed E-state index contributed by atoms with van der Waals surface area (Å²) in [7, 11) is 0. The molecule has 9 rings (SSSR count). The van der Waals surface area contributed by atoms with Gasteiger partial charge in [0.05, 0.1) is 32.0 Å². The van der Waals surface area contributed by atoms with E-state index in [4.69, 9.17) is 33.2 Å². The van der Waals surface area contributed by atoms with Gasteiger partial charge in [0.1, 0.15) is 72.5 Å². The number of esters is 1. The third-order valence-electron chi connectivity index (χ3n) is 19.4. The van der Waals surface area contributed by atoms with Crippen molar-refractivity contribution >= 4 is 11.9 Å². The number of fused-ring (bicyclic) bond motifs is 7. The normalized spacial score (nSPS) is 53.8. The third-order valence-corrected chi connectivity index (χ3v) is 19.4. The van der Waals surface area contributed by atoms with Crippen molar-refractivity contribution in [2.45, 2.75) is 205 Å². The van der Waals surface area contributed by atoms with Crippen molar-refractivity contribution in [3.8, 4) is 0 Å². The Kier molecular flexibility index (Phi) is 12.6. The van der Waals surface area contributed by atoms with Crippen LogP contribution in [0.5, 0.6) is 0 Å². The summed E-state index contributed by atoms with van der Waals surface area (Å²) in [4.78, 5) is 26.3. The van der Waals surface area contributed by atoms with E-state index < -0.39 is 115 Å². The summed E-state index contributed by atoms with van der Waals surface area (Å²) in [6.45, 7) is 16.1. The first-order valence-electron chi connectivity index (χ1n) is 24.3. The molecule has 0 radical (unpaired) electrons. The molecule has 0 aromatic heterocycles. The van der Waals surface area contributed by atoms with Crippen molar-refractivity contribution < 1.29 is 83.6 Å². The van der Waals surface area contributed by atoms with E-state index >= 15 is 0 Å². The van der Waals surface area contributed by atoms with E-state index in [-0.39, 0.29) is 64.7 Å². The zero-order valence-electron chi connectivity index (χ0n) is 39.6. The van der Waals surface area contributed by atoms with E-state index in [9.17, 15) is 50.4 Å². The molecule has 4 saturated heterocycles. The lowest BCUT2D eigenvalue weighted by molar-refractivity contribution is -0.352. The van der Waals surface area contributed by atoms with Crippen LogP contribution in [-0.2, 0) is 42.7 Å². The molecule has 18 nitrogen and oxygen atoms in total. The molecule has 1 amide bonds. The summed E-state index contributed by atoms with van der Waals surface area (Å²) in [6.07, 6.45) is -10.7. The highest BCUT2D eigenvalue weighted by Crippen LogP contribution is 2.76. The van der Waals surface area contributed by atoms with Gasteiger partial charge in [0.25, 0.3) is 0 Å². The first kappa shape index (κ1) is 49.1. The second-order valence-corrected chi connectivity index (χ2v) is 23.6. The van der Waals surface area contributed by atoms with E-state index in [1.807, 2.05) is 0 Å². The van der Waals surface area contributed by atoms with Gasteiger partial charge in [-0.05, 0) is 84.4 Å². The van der Waals surface area contributed by atoms with Crippen molar-refractivity contribution in [1.29, 1.82) is 0 Å². The molecule has 2 unspecified atom stereocenters. The number of amides is 1. The van der Waals surface area contributed by atoms with Crippen LogP contribution < -0.4 is 5.32 Å². The lowest BCUT2D eigenvalue weighted by atomic mass is 9.33. The van der Waals surface area contributed by atoms with Crippen LogP contribution in [0.4, 0.5) is 0 Å². The van der Waals surface area contributed by atoms with E-state index in [0.717, 1.165) is 32.1 Å². The molecule has 0 aromatic rings. The van der Waals surface area contributed by atoms with E-state index in [0.29, 0.717) is 19.3 Å². The summed E-state index contributed by atoms with van der Waals surface area (Å²) in [6, 6.07) is -1.15. The number of carbonyl (C=O) groups is 2. The van der Waals surface area contributed by atoms with Gasteiger partial charge < -0.3 is 79.3 Å². The molecule has 2 bridgehead atoms. The highest BCUT2D eigenvalue weighted by atomic mass is 16.8. The maximum Gasteiger partial charge on any atom is 0.315 e. The van der Waals surface area contributed by atoms with Crippen LogP contribution in [0.15, 0.2) is 11.6 Å². The Morgan fingerprint density at radius 1 is 0.773 bits per heavy atom. The Morgan fingerprint density at radius 2 is 1.45 bits per heavy atom. The van der Waals surface area contributed by atoms with Crippen LogP contribution in [0.25, 0.3) is 0 Å². The minimum Gasteiger partial charge on any atom is -0.461 e. The molecular weight excluding hydrogens is 863 g/mol. The largest absolute Gasteiger partial charge is 0.461 e. The Morgan fingerprint density at radius 3 is 2.15 bits per heavy atom. The van der Waals surface area contributed by atoms with Crippen LogP contribution in [0, 0.1) is 50.2 Å². The predicted molar refractivity (Wildman–Crippen MR) is 229 cm³/mol. The number of nitrogens with one attached hydrogen (secondary N) is 1. The summed E-state index contributed by atoms with van der Waals surface area (Å²) < 4.78 is 42.1. The van der Waals surface area contributed by atoms with Gasteiger partial charge in [0, 0.05) is 18.8 Å². The van der Waals surface area contributed by atoms with Crippen molar-refractivity contribution in [3.05, 3.63) is 11.6 Å². The highest BCUT2D eigenvalue weighted by molar-refractivity contribution is 5.82. The smallest absolute Gasteiger partial charge is 0.315 e. The van der Waals surface area contributed by atoms with Gasteiger partial charge in [-0.3, -0.25) is 9.59 Å². The molecule has 23 atom stereocenters. The lowest BCUT2D eigenvalue weighted by Crippen LogP contribution is -2.68. The van der Waals surface area contributed by atoms with Gasteiger partial charge in [0.2, 0.25) is 5.91 Å². The fourth-order valence-electron chi connectivity index (χ4n) is 15.4. The molecule has 8 fully saturated rings. The first-order chi connectivity index (χ1) is 30.8. The second-order valence-electron chi connectivity index (χ2n) is 23.6. The molecule has 1 spiro atoms. The minimum atomic E-state index is -1.71. The molecule has 18 heteroatoms. The van der Waals surface area contributed by atoms with Crippen molar-refractivity contribution in [3.63, 3.8) is 0 Å². The Bertz CT molecular complexity index is 1900. The summed E-state index contributed by atoms with van der Waals surface area (Å²) >= 11 is 0. The van der Waals surface area contributed by atoms with E-state index in [1.54, 1.807) is 0 Å². The topological polar surface area (TPSA) is 273 Å². The molecule has 66 heavy (non-hydrogen) atoms. The zero-order chi connectivity index (χ0) is 47.8. The number of carbonyl (C=O) groups excluding carboxylic acids is 2. The van der Waals surface area contributed by atoms with Crippen LogP contribution in [-0.4, -0.2) is 171 Å². The molecule has 374 valence electrons. The SMILES string of the molecule is CC(=O)N[C@@H]1C(O)C(O)[C@@H](CO[C@@H]2OC[C@H](O)[C@H](O)[C@H]2O[C@@H]2OC[C@@H](O)[C@H](O)[C@H]2O)O[C@H]1O[C@H]1CC[C@]2(C)[C@H]3CC=C4[C@@H]5CC(C)(C)[C@@H]6C[C@]5(C(=O)O6)[C@H](O)C[C@@]4(C)[C@]3(C)CC[C@H]2C1(C)C. The first-order valence-corrected chi connectivity index (χ1v) is 24.3. The maximum atomic E-state index is 13.7. The standard InChI is InChI=1S/C48H75NO17/c1-21(50)49-32-36(57)35(56)26(20-62-41-38(34(55)25(52)19-61-41)66-40-37(58)33(54)24(51)18-60-40)63-39(32)64-30-12-13-45(6)27(44(30,4)5)11-14-46(7)28(45)10-9-22-23-15-43(2,3)31-17-48(23,42(59)65-31)29(53)16-47(22,46)8/h9,23-41,51-58H,10-20H2,1-8H3,(H,49,50)/t23-,24+,25-,26+,27-,28+,29+,30-,31-,32+,33-,34-,35?,36?,37+,38+,39-,40-,41-,45-,46+,47+,48+/m0/s1. The summed E-state index contributed by atoms with van der Waals surface area (Å²) in [5.74, 6) is -0.317. The molecule has 4 heterocycles. The number of ether oxygens (including phenoxy) is 7. The molecule has 9 aliphatic rings. The summed E-state index contributed by atoms with van der Waals surface area (Å²) in [5, 5.41) is 89.8. The zero-order valence-corrected chi connectivity index (χ0v) is 39.6. The lowest BCUT2D eigenvalue weighted by Gasteiger charge is -2.71. The van der Waals surface area contributed by atoms with Crippen LogP contribution in [0.2, 0.25) is 0 Å². The molecular formula is C48H75NO17. The average Bonchev–Trinajstić information content (AvgIpc) is 3.57. The van der Waals surface area contributed by atoms with Crippen LogP contribution >= 0.6 is 0 Å². The molecule has 4 aliphatic heterocycles. The molecule has 5 aliphatic carbocycles. The second kappa shape index (κ2) is 16.9. The van der Waals surface area contributed by atoms with Crippen molar-refractivity contribution in [1.82, 2.24) is 5.32 Å². The molecule has 4 saturated carbocycles. The fraction of sp³-hybridized carbons (Fsp3) is 0.917. The van der Waals surface area contributed by atoms with Crippen molar-refractivity contribution in [2.24, 2.45) is 50.2 Å². The third kappa shape index (κ3) is 7.31. The number of allylic oxidation sites excluding steroid dienone is 2. The number of hydrogen-bond donors (Lipinski definition) is 9. The minimum absolute atomic E-state index is 0.0769. The maximum absolute atomic E-state index is 13.7. The molecule has 9 N–H and O–H groups in total. The van der Waals surface area contributed by atoms with Gasteiger partial charge in [-0.15, -0.1) is 0 Å². The van der Waals surface area contributed by atoms with E-state index in [2.05, 4.69) is 59.9 Å². The van der Waals surface area contributed by atoms with Crippen LogP contribution in [0.1, 0.15) is 107 Å². The quantitative estimate of drug-likeness (QED) is 0.0914. The van der Waals surface area contributed by atoms with Gasteiger partial charge >= 0.3 is 5.97 Å².